The number of amidine groups is 1. The molecule has 0 saturated carbocycles. The molecule has 3 heterocycles. The maximum atomic E-state index is 12.1. The average molecular weight is 330 g/mol. The first-order valence-electron chi connectivity index (χ1n) is 6.99. The molecule has 3 saturated heterocycles. The number of sulfone groups is 1. The fourth-order valence-electron chi connectivity index (χ4n) is 2.93. The number of thioether (sulfide) groups is 1. The fraction of sp³-hybridized carbons (Fsp3) is 0.692. The molecule has 3 aliphatic heterocycles. The van der Waals surface area contributed by atoms with Crippen LogP contribution >= 0.6 is 11.8 Å². The van der Waals surface area contributed by atoms with Crippen molar-refractivity contribution in [3.05, 3.63) is 12.7 Å². The lowest BCUT2D eigenvalue weighted by Gasteiger charge is -2.22. The number of amides is 1. The molecule has 6 nitrogen and oxygen atoms in total. The van der Waals surface area contributed by atoms with E-state index in [1.807, 2.05) is 4.90 Å². The maximum absolute atomic E-state index is 12.1. The normalized spacial score (nSPS) is 36.1. The molecule has 8 heteroatoms. The molecule has 3 atom stereocenters. The number of hydrogen-bond acceptors (Lipinski definition) is 5. The van der Waals surface area contributed by atoms with E-state index in [1.54, 1.807) is 6.08 Å². The van der Waals surface area contributed by atoms with Gasteiger partial charge in [0.05, 0.1) is 17.5 Å². The Kier molecular flexibility index (Phi) is 4.11. The van der Waals surface area contributed by atoms with Crippen LogP contribution in [0.5, 0.6) is 0 Å². The molecule has 116 valence electrons. The van der Waals surface area contributed by atoms with Crippen LogP contribution in [0.1, 0.15) is 12.8 Å². The van der Waals surface area contributed by atoms with Crippen molar-refractivity contribution in [3.8, 4) is 0 Å². The van der Waals surface area contributed by atoms with Crippen LogP contribution < -0.4 is 0 Å². The zero-order chi connectivity index (χ0) is 15.0. The lowest BCUT2D eigenvalue weighted by atomic mass is 10.2. The summed E-state index contributed by atoms with van der Waals surface area (Å²) in [7, 11) is -2.99. The molecule has 0 unspecified atom stereocenters. The molecule has 0 bridgehead atoms. The summed E-state index contributed by atoms with van der Waals surface area (Å²) in [5.41, 5.74) is 0. The number of rotatable bonds is 3. The van der Waals surface area contributed by atoms with Crippen molar-refractivity contribution in [2.24, 2.45) is 4.99 Å². The third-order valence-electron chi connectivity index (χ3n) is 3.91. The van der Waals surface area contributed by atoms with Crippen LogP contribution in [0, 0.1) is 0 Å². The van der Waals surface area contributed by atoms with Gasteiger partial charge in [0, 0.05) is 18.4 Å². The van der Waals surface area contributed by atoms with Crippen LogP contribution in [0.15, 0.2) is 17.6 Å². The van der Waals surface area contributed by atoms with E-state index in [4.69, 9.17) is 4.74 Å². The van der Waals surface area contributed by atoms with Gasteiger partial charge < -0.3 is 9.64 Å². The van der Waals surface area contributed by atoms with E-state index in [1.165, 1.54) is 11.8 Å². The molecular formula is C13H18N2O4S2. The largest absolute Gasteiger partial charge is 0.368 e. The van der Waals surface area contributed by atoms with Crippen LogP contribution in [0.2, 0.25) is 0 Å². The zero-order valence-electron chi connectivity index (χ0n) is 11.6. The van der Waals surface area contributed by atoms with Gasteiger partial charge in [0.1, 0.15) is 6.10 Å². The Morgan fingerprint density at radius 2 is 2.33 bits per heavy atom. The van der Waals surface area contributed by atoms with Crippen LogP contribution in [0.3, 0.4) is 0 Å². The molecule has 0 aromatic rings. The van der Waals surface area contributed by atoms with Gasteiger partial charge in [0.15, 0.2) is 15.0 Å². The summed E-state index contributed by atoms with van der Waals surface area (Å²) in [6.07, 6.45) is 2.87. The number of aliphatic imine (C=N–C) groups is 1. The molecule has 0 aromatic carbocycles. The summed E-state index contributed by atoms with van der Waals surface area (Å²) in [5, 5.41) is 0.575. The molecule has 21 heavy (non-hydrogen) atoms. The van der Waals surface area contributed by atoms with Gasteiger partial charge in [-0.1, -0.05) is 17.8 Å². The van der Waals surface area contributed by atoms with Crippen molar-refractivity contribution < 1.29 is 17.9 Å². The van der Waals surface area contributed by atoms with Gasteiger partial charge in [-0.05, 0) is 12.8 Å². The summed E-state index contributed by atoms with van der Waals surface area (Å²) < 4.78 is 28.8. The highest BCUT2D eigenvalue weighted by molar-refractivity contribution is 8.15. The standard InChI is InChI=1S/C13H18N2O4S2/c1-2-5-15-9-7-21(17,18)8-11(9)20-13(15)14-12(16)10-4-3-6-19-10/h2,9-11H,1,3-8H2/t9-,10-,11-/m0/s1. The fourth-order valence-corrected chi connectivity index (χ4v) is 6.89. The van der Waals surface area contributed by atoms with Crippen LogP contribution in [0.4, 0.5) is 0 Å². The van der Waals surface area contributed by atoms with E-state index in [9.17, 15) is 13.2 Å². The first-order valence-corrected chi connectivity index (χ1v) is 9.69. The molecular weight excluding hydrogens is 312 g/mol. The van der Waals surface area contributed by atoms with Crippen molar-refractivity contribution in [2.75, 3.05) is 24.7 Å². The molecule has 3 aliphatic rings. The second-order valence-electron chi connectivity index (χ2n) is 5.48. The average Bonchev–Trinajstić information content (AvgIpc) is 3.08. The summed E-state index contributed by atoms with van der Waals surface area (Å²) in [6.45, 7) is 4.81. The van der Waals surface area contributed by atoms with E-state index in [-0.39, 0.29) is 28.7 Å². The molecule has 0 N–H and O–H groups in total. The number of nitrogens with zero attached hydrogens (tertiary/aromatic N) is 2. The lowest BCUT2D eigenvalue weighted by molar-refractivity contribution is -0.126. The predicted molar refractivity (Wildman–Crippen MR) is 82.1 cm³/mol. The number of hydrogen-bond donors (Lipinski definition) is 0. The van der Waals surface area contributed by atoms with E-state index >= 15 is 0 Å². The molecule has 3 rings (SSSR count). The Hall–Kier alpha value is -0.860. The second kappa shape index (κ2) is 5.73. The monoisotopic (exact) mass is 330 g/mol. The number of carbonyl (C=O) groups is 1. The van der Waals surface area contributed by atoms with E-state index in [0.717, 1.165) is 6.42 Å². The number of fused-ring (bicyclic) bond motifs is 1. The molecule has 1 amide bonds. The SMILES string of the molecule is C=CCN1C(=NC(=O)[C@@H]2CCCO2)S[C@H]2CS(=O)(=O)C[C@@H]21. The number of ether oxygens (including phenoxy) is 1. The molecule has 0 aromatic heterocycles. The summed E-state index contributed by atoms with van der Waals surface area (Å²) >= 11 is 1.39. The molecule has 0 aliphatic carbocycles. The van der Waals surface area contributed by atoms with Crippen molar-refractivity contribution in [3.63, 3.8) is 0 Å². The minimum absolute atomic E-state index is 0.0361. The smallest absolute Gasteiger partial charge is 0.277 e. The molecule has 3 fully saturated rings. The van der Waals surface area contributed by atoms with E-state index < -0.39 is 15.9 Å². The van der Waals surface area contributed by atoms with Gasteiger partial charge in [-0.15, -0.1) is 6.58 Å². The Bertz CT molecular complexity index is 581. The Morgan fingerprint density at radius 3 is 3.00 bits per heavy atom. The first-order chi connectivity index (χ1) is 10.00. The topological polar surface area (TPSA) is 76.0 Å². The Morgan fingerprint density at radius 1 is 1.52 bits per heavy atom. The Labute approximate surface area is 128 Å². The van der Waals surface area contributed by atoms with Crippen LogP contribution in [-0.4, -0.2) is 66.4 Å². The molecule has 0 spiro atoms. The highest BCUT2D eigenvalue weighted by atomic mass is 32.2. The van der Waals surface area contributed by atoms with Crippen molar-refractivity contribution in [1.82, 2.24) is 4.90 Å². The molecule has 0 radical (unpaired) electrons. The highest BCUT2D eigenvalue weighted by Gasteiger charge is 2.48. The van der Waals surface area contributed by atoms with Crippen molar-refractivity contribution in [1.29, 1.82) is 0 Å². The Balaban J connectivity index is 1.79. The summed E-state index contributed by atoms with van der Waals surface area (Å²) in [5.74, 6) is 0.0290. The third kappa shape index (κ3) is 3.02. The van der Waals surface area contributed by atoms with Gasteiger partial charge in [-0.25, -0.2) is 8.42 Å². The van der Waals surface area contributed by atoms with Crippen LogP contribution in [-0.2, 0) is 19.4 Å². The maximum Gasteiger partial charge on any atom is 0.277 e. The van der Waals surface area contributed by atoms with Gasteiger partial charge in [-0.3, -0.25) is 4.79 Å². The zero-order valence-corrected chi connectivity index (χ0v) is 13.2. The van der Waals surface area contributed by atoms with Crippen LogP contribution in [0.25, 0.3) is 0 Å². The summed E-state index contributed by atoms with van der Waals surface area (Å²) in [6, 6.07) is -0.103. The van der Waals surface area contributed by atoms with Gasteiger partial charge in [-0.2, -0.15) is 4.99 Å². The van der Waals surface area contributed by atoms with E-state index in [2.05, 4.69) is 11.6 Å². The minimum Gasteiger partial charge on any atom is -0.368 e. The minimum atomic E-state index is -2.99. The second-order valence-corrected chi connectivity index (χ2v) is 8.84. The van der Waals surface area contributed by atoms with Gasteiger partial charge >= 0.3 is 0 Å². The van der Waals surface area contributed by atoms with Crippen molar-refractivity contribution >= 4 is 32.7 Å². The lowest BCUT2D eigenvalue weighted by Crippen LogP contribution is -2.38. The number of carbonyl (C=O) groups excluding carboxylic acids is 1. The van der Waals surface area contributed by atoms with Gasteiger partial charge in [0.2, 0.25) is 0 Å². The van der Waals surface area contributed by atoms with E-state index in [0.29, 0.717) is 24.7 Å². The summed E-state index contributed by atoms with van der Waals surface area (Å²) in [4.78, 5) is 18.2. The highest BCUT2D eigenvalue weighted by Crippen LogP contribution is 2.38. The third-order valence-corrected chi connectivity index (χ3v) is 7.16. The quantitative estimate of drug-likeness (QED) is 0.699. The van der Waals surface area contributed by atoms with Gasteiger partial charge in [0.25, 0.3) is 5.91 Å². The first kappa shape index (κ1) is 15.1. The predicted octanol–water partition coefficient (Wildman–Crippen LogP) is 0.448. The van der Waals surface area contributed by atoms with Crippen molar-refractivity contribution in [2.45, 2.75) is 30.2 Å².